The van der Waals surface area contributed by atoms with E-state index in [0.29, 0.717) is 23.9 Å². The zero-order chi connectivity index (χ0) is 18.9. The lowest BCUT2D eigenvalue weighted by Gasteiger charge is -2.24. The first-order valence-corrected chi connectivity index (χ1v) is 9.07. The highest BCUT2D eigenvalue weighted by atomic mass is 16.3. The smallest absolute Gasteiger partial charge is 0.261 e. The zero-order valence-corrected chi connectivity index (χ0v) is 14.9. The summed E-state index contributed by atoms with van der Waals surface area (Å²) >= 11 is 0. The van der Waals surface area contributed by atoms with Gasteiger partial charge in [0, 0.05) is 19.5 Å². The quantitative estimate of drug-likeness (QED) is 0.768. The van der Waals surface area contributed by atoms with Crippen LogP contribution in [0.2, 0.25) is 0 Å². The van der Waals surface area contributed by atoms with Gasteiger partial charge in [-0.2, -0.15) is 0 Å². The maximum absolute atomic E-state index is 12.6. The Balaban J connectivity index is 1.43. The summed E-state index contributed by atoms with van der Waals surface area (Å²) in [5, 5.41) is 11.4. The molecule has 0 bridgehead atoms. The van der Waals surface area contributed by atoms with Gasteiger partial charge in [0.1, 0.15) is 5.60 Å². The van der Waals surface area contributed by atoms with E-state index in [1.54, 1.807) is 23.1 Å². The second-order valence-corrected chi connectivity index (χ2v) is 6.97. The number of benzene rings is 2. The number of fused-ring (bicyclic) bond motifs is 1. The minimum absolute atomic E-state index is 0.0677. The molecule has 2 heterocycles. The predicted molar refractivity (Wildman–Crippen MR) is 102 cm³/mol. The molecule has 0 spiro atoms. The highest BCUT2D eigenvalue weighted by Crippen LogP contribution is 2.32. The van der Waals surface area contributed by atoms with Gasteiger partial charge in [0.05, 0.1) is 23.8 Å². The Labute approximate surface area is 156 Å². The number of carbonyl (C=O) groups is 1. The average Bonchev–Trinajstić information content (AvgIpc) is 3.12. The minimum Gasteiger partial charge on any atom is -0.383 e. The minimum atomic E-state index is -1.00. The van der Waals surface area contributed by atoms with Gasteiger partial charge in [-0.05, 0) is 24.1 Å². The van der Waals surface area contributed by atoms with Gasteiger partial charge in [-0.25, -0.2) is 4.98 Å². The maximum Gasteiger partial charge on any atom is 0.261 e. The van der Waals surface area contributed by atoms with Gasteiger partial charge in [-0.15, -0.1) is 0 Å². The third-order valence-corrected chi connectivity index (χ3v) is 5.21. The van der Waals surface area contributed by atoms with E-state index in [0.717, 1.165) is 5.56 Å². The van der Waals surface area contributed by atoms with Crippen molar-refractivity contribution in [3.05, 3.63) is 76.8 Å². The van der Waals surface area contributed by atoms with Crippen LogP contribution in [0.3, 0.4) is 0 Å². The van der Waals surface area contributed by atoms with Crippen molar-refractivity contribution in [3.63, 3.8) is 0 Å². The van der Waals surface area contributed by atoms with Gasteiger partial charge in [0.15, 0.2) is 0 Å². The summed E-state index contributed by atoms with van der Waals surface area (Å²) in [6, 6.07) is 16.6. The lowest BCUT2D eigenvalue weighted by atomic mass is 9.93. The first kappa shape index (κ1) is 17.4. The van der Waals surface area contributed by atoms with Crippen molar-refractivity contribution in [2.45, 2.75) is 25.0 Å². The fourth-order valence-corrected chi connectivity index (χ4v) is 3.63. The van der Waals surface area contributed by atoms with Gasteiger partial charge in [-0.1, -0.05) is 42.5 Å². The summed E-state index contributed by atoms with van der Waals surface area (Å²) < 4.78 is 1.47. The van der Waals surface area contributed by atoms with Gasteiger partial charge in [0.25, 0.3) is 5.56 Å². The van der Waals surface area contributed by atoms with Crippen LogP contribution < -0.4 is 5.56 Å². The summed E-state index contributed by atoms with van der Waals surface area (Å²) in [4.78, 5) is 31.1. The summed E-state index contributed by atoms with van der Waals surface area (Å²) in [6.07, 6.45) is 2.20. The van der Waals surface area contributed by atoms with Crippen molar-refractivity contribution < 1.29 is 9.90 Å². The number of aryl methyl sites for hydroxylation is 1. The molecular formula is C21H21N3O3. The number of aliphatic hydroxyl groups is 1. The van der Waals surface area contributed by atoms with Crippen LogP contribution in [0.15, 0.2) is 65.7 Å². The lowest BCUT2D eigenvalue weighted by molar-refractivity contribution is -0.131. The zero-order valence-electron chi connectivity index (χ0n) is 14.9. The van der Waals surface area contributed by atoms with E-state index in [1.807, 2.05) is 36.4 Å². The number of amides is 1. The molecule has 6 nitrogen and oxygen atoms in total. The number of hydrogen-bond acceptors (Lipinski definition) is 4. The monoisotopic (exact) mass is 363 g/mol. The van der Waals surface area contributed by atoms with Crippen LogP contribution in [-0.2, 0) is 16.9 Å². The molecule has 1 amide bonds. The number of para-hydroxylation sites is 1. The Morgan fingerprint density at radius 2 is 1.85 bits per heavy atom. The van der Waals surface area contributed by atoms with Gasteiger partial charge >= 0.3 is 0 Å². The molecule has 1 aliphatic heterocycles. The Morgan fingerprint density at radius 1 is 1.11 bits per heavy atom. The van der Waals surface area contributed by atoms with Crippen LogP contribution in [0.1, 0.15) is 18.4 Å². The molecule has 1 aliphatic rings. The van der Waals surface area contributed by atoms with Gasteiger partial charge < -0.3 is 10.0 Å². The molecule has 1 atom stereocenters. The molecule has 1 saturated heterocycles. The van der Waals surface area contributed by atoms with Crippen molar-refractivity contribution >= 4 is 16.8 Å². The van der Waals surface area contributed by atoms with Crippen molar-refractivity contribution in [2.75, 3.05) is 13.1 Å². The molecule has 1 fully saturated rings. The van der Waals surface area contributed by atoms with E-state index in [2.05, 4.69) is 4.98 Å². The SMILES string of the molecule is O=C(CCn1cnc2ccccc2c1=O)N1CCC(O)(c2ccccc2)C1. The molecular weight excluding hydrogens is 342 g/mol. The summed E-state index contributed by atoms with van der Waals surface area (Å²) in [5.41, 5.74) is 0.335. The van der Waals surface area contributed by atoms with Crippen molar-refractivity contribution in [3.8, 4) is 0 Å². The molecule has 27 heavy (non-hydrogen) atoms. The topological polar surface area (TPSA) is 75.4 Å². The van der Waals surface area contributed by atoms with E-state index in [-0.39, 0.29) is 31.0 Å². The second-order valence-electron chi connectivity index (χ2n) is 6.97. The van der Waals surface area contributed by atoms with Crippen LogP contribution in [0.25, 0.3) is 10.9 Å². The number of aromatic nitrogens is 2. The Hall–Kier alpha value is -2.99. The fraction of sp³-hybridized carbons (Fsp3) is 0.286. The molecule has 1 N–H and O–H groups in total. The number of β-amino-alcohol motifs (C(OH)–C–C–N with tert-alkyl or cyclic N) is 1. The number of rotatable bonds is 4. The normalized spacial score (nSPS) is 19.5. The Bertz CT molecular complexity index is 1030. The van der Waals surface area contributed by atoms with E-state index in [1.165, 1.54) is 10.9 Å². The van der Waals surface area contributed by atoms with E-state index in [9.17, 15) is 14.7 Å². The molecule has 0 radical (unpaired) electrons. The van der Waals surface area contributed by atoms with Crippen LogP contribution in [-0.4, -0.2) is 38.6 Å². The third-order valence-electron chi connectivity index (χ3n) is 5.21. The molecule has 0 aliphatic carbocycles. The number of nitrogens with zero attached hydrogens (tertiary/aromatic N) is 3. The van der Waals surface area contributed by atoms with Crippen LogP contribution in [0.4, 0.5) is 0 Å². The standard InChI is InChI=1S/C21H21N3O3/c25-19(23-13-11-21(27,14-23)16-6-2-1-3-7-16)10-12-24-15-22-18-9-5-4-8-17(18)20(24)26/h1-9,15,27H,10-14H2. The largest absolute Gasteiger partial charge is 0.383 e. The molecule has 0 saturated carbocycles. The molecule has 4 rings (SSSR count). The van der Waals surface area contributed by atoms with Crippen LogP contribution in [0, 0.1) is 0 Å². The van der Waals surface area contributed by atoms with E-state index in [4.69, 9.17) is 0 Å². The predicted octanol–water partition coefficient (Wildman–Crippen LogP) is 1.91. The highest BCUT2D eigenvalue weighted by molar-refractivity contribution is 5.78. The molecule has 1 unspecified atom stereocenters. The molecule has 2 aromatic carbocycles. The van der Waals surface area contributed by atoms with Crippen molar-refractivity contribution in [1.29, 1.82) is 0 Å². The first-order valence-electron chi connectivity index (χ1n) is 9.07. The molecule has 1 aromatic heterocycles. The first-order chi connectivity index (χ1) is 13.1. The fourth-order valence-electron chi connectivity index (χ4n) is 3.63. The Kier molecular flexibility index (Phi) is 4.49. The molecule has 138 valence electrons. The summed E-state index contributed by atoms with van der Waals surface area (Å²) in [5.74, 6) is -0.0677. The average molecular weight is 363 g/mol. The van der Waals surface area contributed by atoms with Crippen molar-refractivity contribution in [2.24, 2.45) is 0 Å². The van der Waals surface area contributed by atoms with Gasteiger partial charge in [0.2, 0.25) is 5.91 Å². The molecule has 3 aromatic rings. The van der Waals surface area contributed by atoms with Crippen LogP contribution in [0.5, 0.6) is 0 Å². The highest BCUT2D eigenvalue weighted by Gasteiger charge is 2.39. The second kappa shape index (κ2) is 6.96. The number of hydrogen-bond donors (Lipinski definition) is 1. The summed E-state index contributed by atoms with van der Waals surface area (Å²) in [7, 11) is 0. The lowest BCUT2D eigenvalue weighted by Crippen LogP contribution is -2.35. The van der Waals surface area contributed by atoms with Crippen LogP contribution >= 0.6 is 0 Å². The summed E-state index contributed by atoms with van der Waals surface area (Å²) in [6.45, 7) is 1.06. The van der Waals surface area contributed by atoms with E-state index >= 15 is 0 Å². The number of carbonyl (C=O) groups excluding carboxylic acids is 1. The maximum atomic E-state index is 12.6. The van der Waals surface area contributed by atoms with Gasteiger partial charge in [-0.3, -0.25) is 14.2 Å². The Morgan fingerprint density at radius 3 is 2.67 bits per heavy atom. The number of likely N-dealkylation sites (tertiary alicyclic amines) is 1. The molecule has 6 heteroatoms. The van der Waals surface area contributed by atoms with Crippen molar-refractivity contribution in [1.82, 2.24) is 14.5 Å². The van der Waals surface area contributed by atoms with E-state index < -0.39 is 5.60 Å². The third kappa shape index (κ3) is 3.36.